The van der Waals surface area contributed by atoms with Gasteiger partial charge in [0.2, 0.25) is 5.91 Å². The van der Waals surface area contributed by atoms with Crippen molar-refractivity contribution in [2.24, 2.45) is 5.92 Å². The normalized spacial score (nSPS) is 17.8. The number of esters is 1. The molecule has 1 heterocycles. The monoisotopic (exact) mass is 593 g/mol. The number of ether oxygens (including phenoxy) is 1. The molecule has 1 atom stereocenters. The molecule has 2 aromatic carbocycles. The minimum absolute atomic E-state index is 0.0707. The molecule has 1 saturated carbocycles. The van der Waals surface area contributed by atoms with Gasteiger partial charge in [-0.25, -0.2) is 4.79 Å². The molecule has 2 fully saturated rings. The van der Waals surface area contributed by atoms with Crippen molar-refractivity contribution in [1.82, 2.24) is 15.5 Å². The van der Waals surface area contributed by atoms with Crippen LogP contribution in [0.3, 0.4) is 0 Å². The molecule has 2 aliphatic rings. The summed E-state index contributed by atoms with van der Waals surface area (Å²) in [4.78, 5) is 42.4. The molecule has 1 unspecified atom stereocenters. The second kappa shape index (κ2) is 15.6. The van der Waals surface area contributed by atoms with E-state index in [2.05, 4.69) is 39.8 Å². The Morgan fingerprint density at radius 3 is 2.21 bits per heavy atom. The van der Waals surface area contributed by atoms with Crippen LogP contribution in [0.4, 0.5) is 0 Å². The van der Waals surface area contributed by atoms with E-state index < -0.39 is 23.5 Å². The Morgan fingerprint density at radius 1 is 0.905 bits per heavy atom. The molecular weight excluding hydrogens is 546 g/mol. The van der Waals surface area contributed by atoms with E-state index >= 15 is 0 Å². The van der Waals surface area contributed by atoms with E-state index in [-0.39, 0.29) is 23.1 Å². The van der Waals surface area contributed by atoms with Crippen LogP contribution in [0.2, 0.25) is 0 Å². The number of rotatable bonds is 11. The zero-order valence-electron chi connectivity index (χ0n) is 25.4. The number of thioether (sulfide) groups is 1. The molecule has 0 bridgehead atoms. The smallest absolute Gasteiger partial charge is 0.339 e. The van der Waals surface area contributed by atoms with E-state index in [1.165, 1.54) is 37.7 Å². The predicted molar refractivity (Wildman–Crippen MR) is 170 cm³/mol. The number of carbonyl (C=O) groups is 3. The van der Waals surface area contributed by atoms with E-state index in [4.69, 9.17) is 4.74 Å². The van der Waals surface area contributed by atoms with E-state index in [1.54, 1.807) is 56.8 Å². The van der Waals surface area contributed by atoms with Gasteiger partial charge < -0.3 is 15.4 Å². The average molecular weight is 594 g/mol. The fraction of sp³-hybridized carbons (Fsp3) is 0.559. The van der Waals surface area contributed by atoms with E-state index in [0.717, 1.165) is 38.2 Å². The number of amides is 2. The Hall–Kier alpha value is -2.84. The highest BCUT2D eigenvalue weighted by Crippen LogP contribution is 2.27. The van der Waals surface area contributed by atoms with Crippen LogP contribution in [0, 0.1) is 5.92 Å². The third kappa shape index (κ3) is 10.2. The molecule has 2 amide bonds. The number of hydrogen-bond donors (Lipinski definition) is 2. The lowest BCUT2D eigenvalue weighted by Crippen LogP contribution is -2.53. The van der Waals surface area contributed by atoms with Crippen LogP contribution in [0.25, 0.3) is 0 Å². The van der Waals surface area contributed by atoms with Gasteiger partial charge in [-0.3, -0.25) is 14.5 Å². The molecule has 228 valence electrons. The van der Waals surface area contributed by atoms with Crippen LogP contribution in [0.1, 0.15) is 92.0 Å². The molecule has 1 aliphatic heterocycles. The van der Waals surface area contributed by atoms with Gasteiger partial charge in [-0.15, -0.1) is 0 Å². The van der Waals surface area contributed by atoms with E-state index in [0.29, 0.717) is 11.7 Å². The van der Waals surface area contributed by atoms with Gasteiger partial charge in [0.25, 0.3) is 5.91 Å². The summed E-state index contributed by atoms with van der Waals surface area (Å²) in [5, 5.41) is 6.20. The summed E-state index contributed by atoms with van der Waals surface area (Å²) in [5.41, 5.74) is 1.03. The first-order valence-electron chi connectivity index (χ1n) is 15.5. The fourth-order valence-electron chi connectivity index (χ4n) is 5.70. The van der Waals surface area contributed by atoms with Crippen molar-refractivity contribution in [2.45, 2.75) is 89.9 Å². The molecule has 4 rings (SSSR count). The Bertz CT molecular complexity index is 1170. The predicted octanol–water partition coefficient (Wildman–Crippen LogP) is 5.83. The first-order valence-corrected chi connectivity index (χ1v) is 16.6. The van der Waals surface area contributed by atoms with Gasteiger partial charge in [0, 0.05) is 31.4 Å². The maximum absolute atomic E-state index is 13.6. The number of carbonyl (C=O) groups excluding carboxylic acids is 3. The minimum Gasteiger partial charge on any atom is -0.456 e. The van der Waals surface area contributed by atoms with Gasteiger partial charge in [-0.05, 0) is 75.8 Å². The summed E-state index contributed by atoms with van der Waals surface area (Å²) >= 11 is 1.74. The van der Waals surface area contributed by atoms with Gasteiger partial charge in [0.05, 0.1) is 11.1 Å². The number of nitrogens with zero attached hydrogens (tertiary/aromatic N) is 1. The zero-order valence-corrected chi connectivity index (χ0v) is 26.2. The van der Waals surface area contributed by atoms with Gasteiger partial charge >= 0.3 is 5.97 Å². The summed E-state index contributed by atoms with van der Waals surface area (Å²) in [6, 6.07) is 16.5. The van der Waals surface area contributed by atoms with Gasteiger partial charge in [-0.2, -0.15) is 11.8 Å². The first kappa shape index (κ1) is 32.1. The van der Waals surface area contributed by atoms with Crippen molar-refractivity contribution in [3.8, 4) is 0 Å². The summed E-state index contributed by atoms with van der Waals surface area (Å²) in [6.45, 7) is 8.12. The van der Waals surface area contributed by atoms with Crippen LogP contribution in [0.15, 0.2) is 54.6 Å². The summed E-state index contributed by atoms with van der Waals surface area (Å²) in [7, 11) is 0. The molecule has 7 nitrogen and oxygen atoms in total. The Morgan fingerprint density at radius 2 is 1.55 bits per heavy atom. The van der Waals surface area contributed by atoms with E-state index in [9.17, 15) is 14.4 Å². The van der Waals surface area contributed by atoms with Crippen LogP contribution in [-0.2, 0) is 16.1 Å². The Kier molecular flexibility index (Phi) is 11.9. The van der Waals surface area contributed by atoms with Crippen molar-refractivity contribution in [3.63, 3.8) is 0 Å². The standard InChI is InChI=1S/C34H47N3O4S/c1-34(2,3)41-33(40)29-17-11-10-16-28(29)31(38)36-30(24-42-23-26-14-8-5-9-15-26)32(39)35-27-18-20-37(21-19-27)22-25-12-6-4-7-13-25/h4,6-7,10-13,16-17,26-27,30H,5,8-9,14-15,18-24H2,1-3H3,(H,35,39)(H,36,38). The molecular formula is C34H47N3O4S. The largest absolute Gasteiger partial charge is 0.456 e. The number of nitrogens with one attached hydrogen (secondary N) is 2. The third-order valence-electron chi connectivity index (χ3n) is 7.96. The van der Waals surface area contributed by atoms with Gasteiger partial charge in [0.15, 0.2) is 0 Å². The highest BCUT2D eigenvalue weighted by molar-refractivity contribution is 7.99. The minimum atomic E-state index is -0.694. The maximum Gasteiger partial charge on any atom is 0.339 e. The number of benzene rings is 2. The van der Waals surface area contributed by atoms with Crippen molar-refractivity contribution < 1.29 is 19.1 Å². The molecule has 0 aromatic heterocycles. The molecule has 0 spiro atoms. The molecule has 1 aliphatic carbocycles. The number of piperidine rings is 1. The summed E-state index contributed by atoms with van der Waals surface area (Å²) in [5.74, 6) is 1.01. The number of hydrogen-bond acceptors (Lipinski definition) is 6. The van der Waals surface area contributed by atoms with Crippen LogP contribution >= 0.6 is 11.8 Å². The molecule has 2 aromatic rings. The number of likely N-dealkylation sites (tertiary alicyclic amines) is 1. The second-order valence-electron chi connectivity index (χ2n) is 12.7. The maximum atomic E-state index is 13.6. The second-order valence-corrected chi connectivity index (χ2v) is 13.7. The lowest BCUT2D eigenvalue weighted by atomic mass is 9.91. The quantitative estimate of drug-likeness (QED) is 0.319. The molecule has 1 saturated heterocycles. The van der Waals surface area contributed by atoms with Gasteiger partial charge in [-0.1, -0.05) is 61.7 Å². The lowest BCUT2D eigenvalue weighted by Gasteiger charge is -2.33. The molecule has 0 radical (unpaired) electrons. The molecule has 42 heavy (non-hydrogen) atoms. The van der Waals surface area contributed by atoms with Crippen LogP contribution in [0.5, 0.6) is 0 Å². The van der Waals surface area contributed by atoms with Crippen molar-refractivity contribution in [3.05, 3.63) is 71.3 Å². The highest BCUT2D eigenvalue weighted by atomic mass is 32.2. The fourth-order valence-corrected chi connectivity index (χ4v) is 6.97. The topological polar surface area (TPSA) is 87.7 Å². The molecule has 8 heteroatoms. The Labute approximate surface area is 255 Å². The first-order chi connectivity index (χ1) is 20.2. The Balaban J connectivity index is 1.38. The lowest BCUT2D eigenvalue weighted by molar-refractivity contribution is -0.123. The van der Waals surface area contributed by atoms with Crippen molar-refractivity contribution in [2.75, 3.05) is 24.6 Å². The zero-order chi connectivity index (χ0) is 30.0. The van der Waals surface area contributed by atoms with Crippen LogP contribution < -0.4 is 10.6 Å². The molecule has 2 N–H and O–H groups in total. The highest BCUT2D eigenvalue weighted by Gasteiger charge is 2.29. The third-order valence-corrected chi connectivity index (χ3v) is 9.23. The van der Waals surface area contributed by atoms with Crippen molar-refractivity contribution >= 4 is 29.5 Å². The SMILES string of the molecule is CC(C)(C)OC(=O)c1ccccc1C(=O)NC(CSCC1CCCCC1)C(=O)NC1CCN(Cc2ccccc2)CC1. The summed E-state index contributed by atoms with van der Waals surface area (Å²) < 4.78 is 5.54. The van der Waals surface area contributed by atoms with E-state index in [1.807, 2.05) is 6.07 Å². The van der Waals surface area contributed by atoms with Crippen LogP contribution in [-0.4, -0.2) is 65.0 Å². The van der Waals surface area contributed by atoms with Crippen molar-refractivity contribution in [1.29, 1.82) is 0 Å². The summed E-state index contributed by atoms with van der Waals surface area (Å²) in [6.07, 6.45) is 8.07. The van der Waals surface area contributed by atoms with Gasteiger partial charge in [0.1, 0.15) is 11.6 Å². The average Bonchev–Trinajstić information content (AvgIpc) is 2.98.